The molecule has 1 saturated heterocycles. The Balaban J connectivity index is 1.59. The van der Waals surface area contributed by atoms with Gasteiger partial charge in [0.05, 0.1) is 18.9 Å². The lowest BCUT2D eigenvalue weighted by atomic mass is 9.91. The van der Waals surface area contributed by atoms with E-state index in [9.17, 15) is 18.0 Å². The molecular weight excluding hydrogens is 457 g/mol. The molecule has 1 unspecified atom stereocenters. The highest BCUT2D eigenvalue weighted by Gasteiger charge is 2.32. The van der Waals surface area contributed by atoms with Gasteiger partial charge in [0, 0.05) is 30.6 Å². The summed E-state index contributed by atoms with van der Waals surface area (Å²) in [7, 11) is 0. The maximum absolute atomic E-state index is 14.9. The lowest BCUT2D eigenvalue weighted by Gasteiger charge is -2.26. The Kier molecular flexibility index (Phi) is 6.88. The molecular formula is C26H27F3N4O2. The van der Waals surface area contributed by atoms with Crippen LogP contribution in [0.3, 0.4) is 0 Å². The third kappa shape index (κ3) is 5.11. The number of benzene rings is 2. The zero-order chi connectivity index (χ0) is 24.4. The van der Waals surface area contributed by atoms with E-state index >= 15 is 0 Å². The van der Waals surface area contributed by atoms with Crippen LogP contribution in [0.1, 0.15) is 52.5 Å². The molecule has 0 saturated carbocycles. The topological polar surface area (TPSA) is 59.4 Å². The predicted molar refractivity (Wildman–Crippen MR) is 124 cm³/mol. The molecule has 1 fully saturated rings. The molecule has 1 amide bonds. The van der Waals surface area contributed by atoms with Gasteiger partial charge in [-0.15, -0.1) is 0 Å². The molecule has 0 bridgehead atoms. The van der Waals surface area contributed by atoms with Crippen LogP contribution in [-0.4, -0.2) is 47.0 Å². The Morgan fingerprint density at radius 2 is 1.86 bits per heavy atom. The maximum Gasteiger partial charge on any atom is 0.286 e. The number of halogens is 3. The number of nitrogens with one attached hydrogen (secondary N) is 1. The highest BCUT2D eigenvalue weighted by molar-refractivity contribution is 5.94. The minimum absolute atomic E-state index is 0.0826. The number of hydrogen-bond donors (Lipinski definition) is 1. The van der Waals surface area contributed by atoms with Crippen LogP contribution in [-0.2, 0) is 17.6 Å². The minimum Gasteiger partial charge on any atom is -0.379 e. The average Bonchev–Trinajstić information content (AvgIpc) is 3.09. The van der Waals surface area contributed by atoms with E-state index in [1.807, 2.05) is 6.07 Å². The second kappa shape index (κ2) is 10.2. The van der Waals surface area contributed by atoms with E-state index in [0.717, 1.165) is 42.1 Å². The molecule has 2 aromatic carbocycles. The smallest absolute Gasteiger partial charge is 0.286 e. The number of hydrazine groups is 1. The van der Waals surface area contributed by atoms with Crippen molar-refractivity contribution in [3.63, 3.8) is 0 Å². The van der Waals surface area contributed by atoms with E-state index in [1.165, 1.54) is 28.9 Å². The largest absolute Gasteiger partial charge is 0.379 e. The van der Waals surface area contributed by atoms with E-state index in [4.69, 9.17) is 4.74 Å². The number of nitrogens with zero attached hydrogens (tertiary/aromatic N) is 3. The fourth-order valence-electron chi connectivity index (χ4n) is 5.00. The molecule has 1 aromatic heterocycles. The van der Waals surface area contributed by atoms with Crippen molar-refractivity contribution in [3.8, 4) is 5.69 Å². The van der Waals surface area contributed by atoms with Crippen LogP contribution in [0.5, 0.6) is 0 Å². The zero-order valence-corrected chi connectivity index (χ0v) is 19.3. The van der Waals surface area contributed by atoms with Gasteiger partial charge in [0.15, 0.2) is 11.5 Å². The fraction of sp³-hybridized carbons (Fsp3) is 0.385. The van der Waals surface area contributed by atoms with Crippen LogP contribution >= 0.6 is 0 Å². The van der Waals surface area contributed by atoms with Gasteiger partial charge in [0.2, 0.25) is 0 Å². The highest BCUT2D eigenvalue weighted by atomic mass is 19.1. The van der Waals surface area contributed by atoms with Gasteiger partial charge in [0.25, 0.3) is 5.91 Å². The number of carbonyl (C=O) groups excluding carboxylic acids is 1. The van der Waals surface area contributed by atoms with E-state index in [1.54, 1.807) is 11.1 Å². The van der Waals surface area contributed by atoms with Gasteiger partial charge in [-0.25, -0.2) is 22.9 Å². The number of hydrogen-bond acceptors (Lipinski definition) is 4. The second-order valence-electron chi connectivity index (χ2n) is 9.04. The van der Waals surface area contributed by atoms with Crippen molar-refractivity contribution in [1.82, 2.24) is 20.2 Å². The highest BCUT2D eigenvalue weighted by Crippen LogP contribution is 2.37. The van der Waals surface area contributed by atoms with E-state index in [-0.39, 0.29) is 29.0 Å². The van der Waals surface area contributed by atoms with Crippen LogP contribution in [0.25, 0.3) is 5.69 Å². The molecule has 1 atom stereocenters. The van der Waals surface area contributed by atoms with E-state index in [2.05, 4.69) is 10.5 Å². The molecule has 35 heavy (non-hydrogen) atoms. The van der Waals surface area contributed by atoms with Crippen LogP contribution in [0.4, 0.5) is 13.2 Å². The van der Waals surface area contributed by atoms with E-state index < -0.39 is 11.6 Å². The third-order valence-corrected chi connectivity index (χ3v) is 6.63. The van der Waals surface area contributed by atoms with Crippen LogP contribution in [0.2, 0.25) is 0 Å². The molecule has 3 aromatic rings. The number of fused-ring (bicyclic) bond motifs is 1. The number of rotatable bonds is 5. The first kappa shape index (κ1) is 23.6. The number of amides is 1. The average molecular weight is 485 g/mol. The van der Waals surface area contributed by atoms with Gasteiger partial charge in [-0.05, 0) is 55.5 Å². The van der Waals surface area contributed by atoms with Gasteiger partial charge in [-0.3, -0.25) is 10.2 Å². The Morgan fingerprint density at radius 1 is 1.06 bits per heavy atom. The van der Waals surface area contributed by atoms with Crippen LogP contribution < -0.4 is 5.43 Å². The molecule has 6 nitrogen and oxygen atoms in total. The molecule has 1 N–H and O–H groups in total. The van der Waals surface area contributed by atoms with Crippen LogP contribution in [0.15, 0.2) is 42.5 Å². The quantitative estimate of drug-likeness (QED) is 0.548. The molecule has 2 aliphatic rings. The molecule has 0 spiro atoms. The molecule has 1 aliphatic carbocycles. The number of aromatic nitrogens is 2. The molecule has 5 rings (SSSR count). The fourth-order valence-corrected chi connectivity index (χ4v) is 5.00. The summed E-state index contributed by atoms with van der Waals surface area (Å²) in [5.74, 6) is -2.25. The third-order valence-electron chi connectivity index (χ3n) is 6.63. The summed E-state index contributed by atoms with van der Waals surface area (Å²) >= 11 is 0. The Morgan fingerprint density at radius 3 is 2.63 bits per heavy atom. The lowest BCUT2D eigenvalue weighted by molar-refractivity contribution is 0.0124. The van der Waals surface area contributed by atoms with Crippen LogP contribution in [0, 0.1) is 17.5 Å². The summed E-state index contributed by atoms with van der Waals surface area (Å²) in [5, 5.41) is 6.37. The lowest BCUT2D eigenvalue weighted by Crippen LogP contribution is -2.48. The van der Waals surface area contributed by atoms with E-state index in [0.29, 0.717) is 39.1 Å². The van der Waals surface area contributed by atoms with Gasteiger partial charge in [-0.2, -0.15) is 5.10 Å². The second-order valence-corrected chi connectivity index (χ2v) is 9.04. The van der Waals surface area contributed by atoms with Crippen molar-refractivity contribution in [2.45, 2.75) is 38.0 Å². The van der Waals surface area contributed by atoms with Crippen molar-refractivity contribution in [3.05, 3.63) is 82.4 Å². The predicted octanol–water partition coefficient (Wildman–Crippen LogP) is 4.32. The van der Waals surface area contributed by atoms with Crippen molar-refractivity contribution in [1.29, 1.82) is 0 Å². The first-order chi connectivity index (χ1) is 17.0. The summed E-state index contributed by atoms with van der Waals surface area (Å²) in [6, 6.07) is 9.75. The SMILES string of the molecule is O=C(NN1CCOCC1)c1nn(-c2ccc(F)cc2F)c2c1CCCCC2Cc1cccc(F)c1. The Hall–Kier alpha value is -3.17. The van der Waals surface area contributed by atoms with Crippen molar-refractivity contribution >= 4 is 5.91 Å². The summed E-state index contributed by atoms with van der Waals surface area (Å²) in [6.07, 6.45) is 3.67. The molecule has 0 radical (unpaired) electrons. The minimum atomic E-state index is -0.760. The van der Waals surface area contributed by atoms with Gasteiger partial charge >= 0.3 is 0 Å². The van der Waals surface area contributed by atoms with Gasteiger partial charge in [-0.1, -0.05) is 18.6 Å². The van der Waals surface area contributed by atoms with Crippen molar-refractivity contribution in [2.24, 2.45) is 0 Å². The standard InChI is InChI=1S/C26H27F3N4O2/c27-19-6-3-4-17(15-19)14-18-5-1-2-7-21-24(26(34)31-32-10-12-35-13-11-32)30-33(25(18)21)23-9-8-20(28)16-22(23)29/h3-4,6,8-9,15-16,18H,1-2,5,7,10-14H2,(H,31,34). The molecule has 9 heteroatoms. The summed E-state index contributed by atoms with van der Waals surface area (Å²) in [5.41, 5.74) is 5.52. The zero-order valence-electron chi connectivity index (χ0n) is 19.3. The summed E-state index contributed by atoms with van der Waals surface area (Å²) in [6.45, 7) is 2.15. The molecule has 1 aliphatic heterocycles. The summed E-state index contributed by atoms with van der Waals surface area (Å²) < 4.78 is 49.3. The monoisotopic (exact) mass is 484 g/mol. The van der Waals surface area contributed by atoms with Gasteiger partial charge in [0.1, 0.15) is 17.3 Å². The molecule has 2 heterocycles. The normalized spacial score (nSPS) is 18.7. The van der Waals surface area contributed by atoms with Crippen molar-refractivity contribution in [2.75, 3.05) is 26.3 Å². The van der Waals surface area contributed by atoms with Crippen molar-refractivity contribution < 1.29 is 22.7 Å². The number of ether oxygens (including phenoxy) is 1. The Bertz CT molecular complexity index is 1220. The molecule has 184 valence electrons. The Labute approximate surface area is 201 Å². The summed E-state index contributed by atoms with van der Waals surface area (Å²) in [4.78, 5) is 13.3. The maximum atomic E-state index is 14.9. The first-order valence-electron chi connectivity index (χ1n) is 11.9. The van der Waals surface area contributed by atoms with Gasteiger partial charge < -0.3 is 4.74 Å². The number of morpholine rings is 1. The number of carbonyl (C=O) groups is 1. The first-order valence-corrected chi connectivity index (χ1v) is 11.9.